The quantitative estimate of drug-likeness (QED) is 0.527. The maximum absolute atomic E-state index is 11.9. The van der Waals surface area contributed by atoms with E-state index in [4.69, 9.17) is 16.3 Å². The molecule has 3 aromatic carbocycles. The van der Waals surface area contributed by atoms with Gasteiger partial charge in [0.2, 0.25) is 0 Å². The van der Waals surface area contributed by atoms with Gasteiger partial charge in [0.1, 0.15) is 11.5 Å². The van der Waals surface area contributed by atoms with Crippen LogP contribution in [0.5, 0.6) is 11.5 Å². The summed E-state index contributed by atoms with van der Waals surface area (Å²) in [5.41, 5.74) is 3.77. The van der Waals surface area contributed by atoms with Gasteiger partial charge in [0.25, 0.3) is 5.91 Å². The molecule has 0 fully saturated rings. The van der Waals surface area contributed by atoms with Gasteiger partial charge < -0.3 is 9.84 Å². The summed E-state index contributed by atoms with van der Waals surface area (Å²) in [5.74, 6) is 0.269. The van der Waals surface area contributed by atoms with Gasteiger partial charge in [-0.25, -0.2) is 5.43 Å². The van der Waals surface area contributed by atoms with Gasteiger partial charge in [0.05, 0.1) is 6.21 Å². The number of carbonyl (C=O) groups is 1. The molecule has 2 N–H and O–H groups in total. The lowest BCUT2D eigenvalue weighted by molar-refractivity contribution is -0.123. The zero-order valence-electron chi connectivity index (χ0n) is 14.1. The molecule has 0 bridgehead atoms. The number of halogens is 1. The van der Waals surface area contributed by atoms with Gasteiger partial charge in [-0.15, -0.1) is 0 Å². The van der Waals surface area contributed by atoms with E-state index in [0.717, 1.165) is 16.3 Å². The minimum absolute atomic E-state index is 0.0924. The van der Waals surface area contributed by atoms with Crippen LogP contribution in [0, 0.1) is 6.92 Å². The van der Waals surface area contributed by atoms with Crippen molar-refractivity contribution in [3.63, 3.8) is 0 Å². The predicted molar refractivity (Wildman–Crippen MR) is 103 cm³/mol. The third kappa shape index (κ3) is 4.13. The van der Waals surface area contributed by atoms with E-state index in [-0.39, 0.29) is 12.4 Å². The molecule has 0 radical (unpaired) electrons. The zero-order valence-corrected chi connectivity index (χ0v) is 14.8. The highest BCUT2D eigenvalue weighted by Crippen LogP contribution is 2.25. The summed E-state index contributed by atoms with van der Waals surface area (Å²) in [6.45, 7) is 1.67. The summed E-state index contributed by atoms with van der Waals surface area (Å²) < 4.78 is 5.46. The molecule has 5 nitrogen and oxygen atoms in total. The van der Waals surface area contributed by atoms with Gasteiger partial charge in [0.15, 0.2) is 6.61 Å². The Kier molecular flexibility index (Phi) is 5.39. The molecule has 0 aliphatic rings. The summed E-state index contributed by atoms with van der Waals surface area (Å²) in [4.78, 5) is 11.9. The van der Waals surface area contributed by atoms with Crippen molar-refractivity contribution in [2.45, 2.75) is 6.92 Å². The lowest BCUT2D eigenvalue weighted by atomic mass is 10.0. The summed E-state index contributed by atoms with van der Waals surface area (Å²) >= 11 is 5.89. The molecule has 0 heterocycles. The van der Waals surface area contributed by atoms with E-state index in [1.807, 2.05) is 37.3 Å². The standard InChI is InChI=1S/C20H17ClN2O3/c1-13-10-15(21)7-9-19(13)26-12-20(25)23-22-11-17-16-5-3-2-4-14(16)6-8-18(17)24/h2-11,24H,12H2,1H3,(H,23,25). The van der Waals surface area contributed by atoms with E-state index in [0.29, 0.717) is 16.3 Å². The van der Waals surface area contributed by atoms with Crippen molar-refractivity contribution < 1.29 is 14.6 Å². The van der Waals surface area contributed by atoms with E-state index in [1.54, 1.807) is 24.3 Å². The fourth-order valence-electron chi connectivity index (χ4n) is 2.54. The Balaban J connectivity index is 1.64. The SMILES string of the molecule is Cc1cc(Cl)ccc1OCC(=O)NN=Cc1c(O)ccc2ccccc12. The smallest absolute Gasteiger partial charge is 0.277 e. The number of phenols is 1. The molecule has 0 saturated carbocycles. The molecular formula is C20H17ClN2O3. The van der Waals surface area contributed by atoms with Crippen LogP contribution in [0.3, 0.4) is 0 Å². The van der Waals surface area contributed by atoms with Crippen molar-refractivity contribution in [3.8, 4) is 11.5 Å². The lowest BCUT2D eigenvalue weighted by Gasteiger charge is -2.08. The van der Waals surface area contributed by atoms with E-state index in [9.17, 15) is 9.90 Å². The molecule has 132 valence electrons. The molecule has 0 unspecified atom stereocenters. The van der Waals surface area contributed by atoms with Gasteiger partial charge >= 0.3 is 0 Å². The first-order chi connectivity index (χ1) is 12.5. The Hall–Kier alpha value is -3.05. The van der Waals surface area contributed by atoms with Crippen LogP contribution in [0.15, 0.2) is 59.7 Å². The Morgan fingerprint density at radius 3 is 2.85 bits per heavy atom. The van der Waals surface area contributed by atoms with E-state index < -0.39 is 5.91 Å². The molecule has 1 amide bonds. The number of nitrogens with zero attached hydrogens (tertiary/aromatic N) is 1. The number of aromatic hydroxyl groups is 1. The Morgan fingerprint density at radius 2 is 2.04 bits per heavy atom. The maximum atomic E-state index is 11.9. The topological polar surface area (TPSA) is 70.9 Å². The molecule has 3 rings (SSSR count). The van der Waals surface area contributed by atoms with Gasteiger partial charge in [-0.1, -0.05) is 41.9 Å². The number of aryl methyl sites for hydroxylation is 1. The number of benzene rings is 3. The van der Waals surface area contributed by atoms with Crippen LogP contribution in [0.1, 0.15) is 11.1 Å². The third-order valence-electron chi connectivity index (χ3n) is 3.83. The molecule has 0 aromatic heterocycles. The molecule has 0 saturated heterocycles. The number of fused-ring (bicyclic) bond motifs is 1. The maximum Gasteiger partial charge on any atom is 0.277 e. The van der Waals surface area contributed by atoms with E-state index in [2.05, 4.69) is 10.5 Å². The van der Waals surface area contributed by atoms with Gasteiger partial charge in [0, 0.05) is 10.6 Å². The first-order valence-electron chi connectivity index (χ1n) is 7.96. The van der Waals surface area contributed by atoms with Crippen molar-refractivity contribution in [2.75, 3.05) is 6.61 Å². The fourth-order valence-corrected chi connectivity index (χ4v) is 2.77. The monoisotopic (exact) mass is 368 g/mol. The Labute approximate surface area is 155 Å². The minimum Gasteiger partial charge on any atom is -0.507 e. The van der Waals surface area contributed by atoms with Gasteiger partial charge in [-0.05, 0) is 47.5 Å². The second-order valence-electron chi connectivity index (χ2n) is 5.71. The predicted octanol–water partition coefficient (Wildman–Crippen LogP) is 4.04. The van der Waals surface area contributed by atoms with Crippen molar-refractivity contribution in [1.29, 1.82) is 0 Å². The molecule has 0 atom stereocenters. The molecule has 26 heavy (non-hydrogen) atoms. The number of hydrogen-bond acceptors (Lipinski definition) is 4. The number of carbonyl (C=O) groups excluding carboxylic acids is 1. The number of rotatable bonds is 5. The first kappa shape index (κ1) is 17.8. The average molecular weight is 369 g/mol. The normalized spacial score (nSPS) is 11.0. The number of ether oxygens (including phenoxy) is 1. The van der Waals surface area contributed by atoms with Gasteiger partial charge in [-0.3, -0.25) is 4.79 Å². The summed E-state index contributed by atoms with van der Waals surface area (Å²) in [5, 5.41) is 16.4. The number of nitrogens with one attached hydrogen (secondary N) is 1. The van der Waals surface area contributed by atoms with Crippen molar-refractivity contribution in [3.05, 3.63) is 70.7 Å². The fraction of sp³-hybridized carbons (Fsp3) is 0.100. The number of phenolic OH excluding ortho intramolecular Hbond substituents is 1. The number of hydrazone groups is 1. The van der Waals surface area contributed by atoms with Crippen LogP contribution in [0.2, 0.25) is 5.02 Å². The lowest BCUT2D eigenvalue weighted by Crippen LogP contribution is -2.24. The summed E-state index contributed by atoms with van der Waals surface area (Å²) in [6, 6.07) is 16.2. The van der Waals surface area contributed by atoms with Crippen LogP contribution in [0.4, 0.5) is 0 Å². The Morgan fingerprint density at radius 1 is 1.23 bits per heavy atom. The number of hydrogen-bond donors (Lipinski definition) is 2. The highest BCUT2D eigenvalue weighted by molar-refractivity contribution is 6.30. The zero-order chi connectivity index (χ0) is 18.5. The summed E-state index contributed by atoms with van der Waals surface area (Å²) in [6.07, 6.45) is 1.42. The van der Waals surface area contributed by atoms with E-state index >= 15 is 0 Å². The van der Waals surface area contributed by atoms with Crippen LogP contribution in [0.25, 0.3) is 10.8 Å². The highest BCUT2D eigenvalue weighted by atomic mass is 35.5. The second kappa shape index (κ2) is 7.89. The van der Waals surface area contributed by atoms with E-state index in [1.165, 1.54) is 6.21 Å². The first-order valence-corrected chi connectivity index (χ1v) is 8.34. The minimum atomic E-state index is -0.407. The Bertz CT molecular complexity index is 986. The largest absolute Gasteiger partial charge is 0.507 e. The number of amides is 1. The molecule has 3 aromatic rings. The van der Waals surface area contributed by atoms with Gasteiger partial charge in [-0.2, -0.15) is 5.10 Å². The molecular weight excluding hydrogens is 352 g/mol. The van der Waals surface area contributed by atoms with Crippen molar-refractivity contribution in [1.82, 2.24) is 5.43 Å². The van der Waals surface area contributed by atoms with Crippen LogP contribution in [-0.4, -0.2) is 23.8 Å². The average Bonchev–Trinajstić information content (AvgIpc) is 2.63. The van der Waals surface area contributed by atoms with Crippen LogP contribution < -0.4 is 10.2 Å². The highest BCUT2D eigenvalue weighted by Gasteiger charge is 2.06. The molecule has 0 aliphatic heterocycles. The van der Waals surface area contributed by atoms with Crippen molar-refractivity contribution >= 4 is 34.5 Å². The summed E-state index contributed by atoms with van der Waals surface area (Å²) in [7, 11) is 0. The third-order valence-corrected chi connectivity index (χ3v) is 4.06. The second-order valence-corrected chi connectivity index (χ2v) is 6.15. The molecule has 0 spiro atoms. The molecule has 6 heteroatoms. The molecule has 0 aliphatic carbocycles. The van der Waals surface area contributed by atoms with Crippen LogP contribution >= 0.6 is 11.6 Å². The van der Waals surface area contributed by atoms with Crippen LogP contribution in [-0.2, 0) is 4.79 Å². The van der Waals surface area contributed by atoms with Crippen molar-refractivity contribution in [2.24, 2.45) is 5.10 Å².